The average molecular weight is 281 g/mol. The van der Waals surface area contributed by atoms with E-state index in [0.29, 0.717) is 12.3 Å². The minimum atomic E-state index is -0.810. The van der Waals surface area contributed by atoms with E-state index < -0.39 is 11.9 Å². The molecule has 0 spiro atoms. The van der Waals surface area contributed by atoms with Crippen molar-refractivity contribution in [2.75, 3.05) is 0 Å². The molecule has 4 nitrogen and oxygen atoms in total. The fourth-order valence-corrected chi connectivity index (χ4v) is 3.82. The lowest BCUT2D eigenvalue weighted by molar-refractivity contribution is -0.149. The van der Waals surface area contributed by atoms with Crippen LogP contribution in [0.5, 0.6) is 0 Å². The molecule has 2 saturated carbocycles. The van der Waals surface area contributed by atoms with Gasteiger partial charge in [-0.05, 0) is 38.5 Å². The first-order chi connectivity index (χ1) is 9.59. The molecule has 2 fully saturated rings. The maximum atomic E-state index is 12.4. The Bertz CT molecular complexity index is 350. The number of carbonyl (C=O) groups excluding carboxylic acids is 1. The number of nitrogens with one attached hydrogen (secondary N) is 1. The summed E-state index contributed by atoms with van der Waals surface area (Å²) in [6.07, 6.45) is 9.46. The first-order valence-electron chi connectivity index (χ1n) is 8.12. The Morgan fingerprint density at radius 2 is 1.50 bits per heavy atom. The Labute approximate surface area is 121 Å². The van der Waals surface area contributed by atoms with Crippen LogP contribution in [0.3, 0.4) is 0 Å². The van der Waals surface area contributed by atoms with Gasteiger partial charge in [-0.1, -0.05) is 32.1 Å². The van der Waals surface area contributed by atoms with Crippen LogP contribution in [0.1, 0.15) is 64.7 Å². The van der Waals surface area contributed by atoms with Gasteiger partial charge in [0.1, 0.15) is 0 Å². The van der Waals surface area contributed by atoms with Gasteiger partial charge in [-0.2, -0.15) is 0 Å². The van der Waals surface area contributed by atoms with Gasteiger partial charge in [0, 0.05) is 6.04 Å². The van der Waals surface area contributed by atoms with Crippen molar-refractivity contribution in [1.29, 1.82) is 0 Å². The summed E-state index contributed by atoms with van der Waals surface area (Å²) >= 11 is 0. The molecule has 0 aliphatic heterocycles. The van der Waals surface area contributed by atoms with Crippen LogP contribution in [0.25, 0.3) is 0 Å². The van der Waals surface area contributed by atoms with Gasteiger partial charge in [0.05, 0.1) is 11.8 Å². The maximum absolute atomic E-state index is 12.4. The third-order valence-electron chi connectivity index (χ3n) is 5.15. The largest absolute Gasteiger partial charge is 0.481 e. The lowest BCUT2D eigenvalue weighted by Crippen LogP contribution is -2.45. The van der Waals surface area contributed by atoms with E-state index in [-0.39, 0.29) is 17.9 Å². The first kappa shape index (κ1) is 15.3. The zero-order valence-electron chi connectivity index (χ0n) is 12.4. The molecule has 2 unspecified atom stereocenters. The molecular formula is C16H27NO3. The molecule has 2 rings (SSSR count). The minimum absolute atomic E-state index is 0.0322. The Morgan fingerprint density at radius 1 is 0.950 bits per heavy atom. The number of aliphatic carboxylic acids is 1. The van der Waals surface area contributed by atoms with Crippen molar-refractivity contribution in [3.63, 3.8) is 0 Å². The Morgan fingerprint density at radius 3 is 2.10 bits per heavy atom. The number of rotatable bonds is 4. The van der Waals surface area contributed by atoms with Gasteiger partial charge in [0.15, 0.2) is 0 Å². The molecule has 114 valence electrons. The lowest BCUT2D eigenvalue weighted by Gasteiger charge is -2.32. The van der Waals surface area contributed by atoms with Crippen molar-refractivity contribution in [3.8, 4) is 0 Å². The smallest absolute Gasteiger partial charge is 0.307 e. The van der Waals surface area contributed by atoms with Crippen LogP contribution in [-0.4, -0.2) is 23.0 Å². The van der Waals surface area contributed by atoms with Gasteiger partial charge in [-0.15, -0.1) is 0 Å². The number of amides is 1. The summed E-state index contributed by atoms with van der Waals surface area (Å²) in [6, 6.07) is 0.180. The van der Waals surface area contributed by atoms with Gasteiger partial charge in [-0.25, -0.2) is 0 Å². The van der Waals surface area contributed by atoms with E-state index in [1.165, 1.54) is 32.1 Å². The summed E-state index contributed by atoms with van der Waals surface area (Å²) in [5.74, 6) is -1.08. The average Bonchev–Trinajstić information content (AvgIpc) is 2.48. The van der Waals surface area contributed by atoms with Crippen LogP contribution in [0.4, 0.5) is 0 Å². The highest BCUT2D eigenvalue weighted by molar-refractivity contribution is 5.85. The Kier molecular flexibility index (Phi) is 5.44. The molecule has 2 N–H and O–H groups in total. The summed E-state index contributed by atoms with van der Waals surface area (Å²) in [4.78, 5) is 23.7. The number of carboxylic acid groups (broad SMARTS) is 1. The Balaban J connectivity index is 1.90. The van der Waals surface area contributed by atoms with E-state index in [4.69, 9.17) is 0 Å². The molecule has 4 heteroatoms. The van der Waals surface area contributed by atoms with Crippen molar-refractivity contribution >= 4 is 11.9 Å². The molecule has 1 amide bonds. The van der Waals surface area contributed by atoms with Gasteiger partial charge >= 0.3 is 5.97 Å². The zero-order chi connectivity index (χ0) is 14.5. The molecular weight excluding hydrogens is 254 g/mol. The van der Waals surface area contributed by atoms with Crippen LogP contribution in [0, 0.1) is 17.8 Å². The van der Waals surface area contributed by atoms with Gasteiger partial charge < -0.3 is 10.4 Å². The quantitative estimate of drug-likeness (QED) is 0.832. The lowest BCUT2D eigenvalue weighted by atomic mass is 9.78. The third-order valence-corrected chi connectivity index (χ3v) is 5.15. The monoisotopic (exact) mass is 281 g/mol. The molecule has 0 aromatic carbocycles. The zero-order valence-corrected chi connectivity index (χ0v) is 12.4. The summed E-state index contributed by atoms with van der Waals surface area (Å²) in [5, 5.41) is 12.4. The molecule has 2 aliphatic rings. The molecule has 0 bridgehead atoms. The van der Waals surface area contributed by atoms with Crippen molar-refractivity contribution in [1.82, 2.24) is 5.32 Å². The van der Waals surface area contributed by atoms with E-state index in [2.05, 4.69) is 12.2 Å². The van der Waals surface area contributed by atoms with Crippen LogP contribution in [-0.2, 0) is 9.59 Å². The van der Waals surface area contributed by atoms with E-state index in [1.807, 2.05) is 0 Å². The van der Waals surface area contributed by atoms with Crippen molar-refractivity contribution in [2.45, 2.75) is 70.8 Å². The number of carbonyl (C=O) groups is 2. The third kappa shape index (κ3) is 3.74. The standard InChI is InChI=1S/C16H27NO3/c1-11(12-7-3-2-4-8-12)17-15(18)13-9-5-6-10-14(13)16(19)20/h11-14H,2-10H2,1H3,(H,17,18)(H,19,20)/t11-,13?,14?/m0/s1. The molecule has 0 saturated heterocycles. The van der Waals surface area contributed by atoms with Crippen molar-refractivity contribution < 1.29 is 14.7 Å². The Hall–Kier alpha value is -1.06. The molecule has 0 radical (unpaired) electrons. The summed E-state index contributed by atoms with van der Waals surface area (Å²) in [5.41, 5.74) is 0. The summed E-state index contributed by atoms with van der Waals surface area (Å²) < 4.78 is 0. The molecule has 0 aromatic rings. The highest BCUT2D eigenvalue weighted by Gasteiger charge is 2.36. The van der Waals surface area contributed by atoms with E-state index >= 15 is 0 Å². The second-order valence-corrected chi connectivity index (χ2v) is 6.53. The van der Waals surface area contributed by atoms with Gasteiger partial charge in [0.25, 0.3) is 0 Å². The first-order valence-corrected chi connectivity index (χ1v) is 8.12. The second-order valence-electron chi connectivity index (χ2n) is 6.53. The highest BCUT2D eigenvalue weighted by atomic mass is 16.4. The van der Waals surface area contributed by atoms with Crippen LogP contribution >= 0.6 is 0 Å². The topological polar surface area (TPSA) is 66.4 Å². The fraction of sp³-hybridized carbons (Fsp3) is 0.875. The van der Waals surface area contributed by atoms with Crippen LogP contribution < -0.4 is 5.32 Å². The van der Waals surface area contributed by atoms with Crippen molar-refractivity contribution in [2.24, 2.45) is 17.8 Å². The van der Waals surface area contributed by atoms with E-state index in [1.54, 1.807) is 0 Å². The SMILES string of the molecule is C[C@H](NC(=O)C1CCCCC1C(=O)O)C1CCCCC1. The summed E-state index contributed by atoms with van der Waals surface area (Å²) in [7, 11) is 0. The maximum Gasteiger partial charge on any atom is 0.307 e. The van der Waals surface area contributed by atoms with Crippen LogP contribution in [0.15, 0.2) is 0 Å². The number of hydrogen-bond acceptors (Lipinski definition) is 2. The minimum Gasteiger partial charge on any atom is -0.481 e. The van der Waals surface area contributed by atoms with Gasteiger partial charge in [0.2, 0.25) is 5.91 Å². The predicted octanol–water partition coefficient (Wildman–Crippen LogP) is 2.96. The second kappa shape index (κ2) is 7.09. The normalized spacial score (nSPS) is 29.6. The molecule has 3 atom stereocenters. The number of hydrogen-bond donors (Lipinski definition) is 2. The molecule has 0 aromatic heterocycles. The van der Waals surface area contributed by atoms with Crippen molar-refractivity contribution in [3.05, 3.63) is 0 Å². The predicted molar refractivity (Wildman–Crippen MR) is 77.3 cm³/mol. The van der Waals surface area contributed by atoms with Crippen LogP contribution in [0.2, 0.25) is 0 Å². The molecule has 20 heavy (non-hydrogen) atoms. The van der Waals surface area contributed by atoms with E-state index in [9.17, 15) is 14.7 Å². The molecule has 2 aliphatic carbocycles. The molecule has 0 heterocycles. The van der Waals surface area contributed by atoms with E-state index in [0.717, 1.165) is 19.3 Å². The fourth-order valence-electron chi connectivity index (χ4n) is 3.82. The summed E-state index contributed by atoms with van der Waals surface area (Å²) in [6.45, 7) is 2.08. The van der Waals surface area contributed by atoms with Gasteiger partial charge in [-0.3, -0.25) is 9.59 Å². The number of carboxylic acids is 1. The highest BCUT2D eigenvalue weighted by Crippen LogP contribution is 2.31.